The summed E-state index contributed by atoms with van der Waals surface area (Å²) in [6, 6.07) is 3.40. The van der Waals surface area contributed by atoms with E-state index in [1.54, 1.807) is 48.9 Å². The van der Waals surface area contributed by atoms with Gasteiger partial charge in [0.25, 0.3) is 0 Å². The lowest BCUT2D eigenvalue weighted by molar-refractivity contribution is -0.139. The van der Waals surface area contributed by atoms with Gasteiger partial charge >= 0.3 is 0 Å². The number of nitrogens with zero attached hydrogens (tertiary/aromatic N) is 8. The maximum absolute atomic E-state index is 14.5. The van der Waals surface area contributed by atoms with Crippen LogP contribution in [0.1, 0.15) is 58.8 Å². The number of likely N-dealkylation sites (tertiary alicyclic amines) is 2. The first kappa shape index (κ1) is 43.6. The van der Waals surface area contributed by atoms with Crippen molar-refractivity contribution in [3.05, 3.63) is 71.0 Å². The van der Waals surface area contributed by atoms with E-state index >= 15 is 0 Å². The van der Waals surface area contributed by atoms with E-state index in [2.05, 4.69) is 50.5 Å². The van der Waals surface area contributed by atoms with Gasteiger partial charge < -0.3 is 35.1 Å². The molecule has 19 heteroatoms. The van der Waals surface area contributed by atoms with Crippen molar-refractivity contribution in [3.8, 4) is 22.8 Å². The van der Waals surface area contributed by atoms with E-state index in [1.807, 2.05) is 4.90 Å². The van der Waals surface area contributed by atoms with Gasteiger partial charge in [0.05, 0.1) is 35.5 Å². The van der Waals surface area contributed by atoms with Crippen LogP contribution in [0.25, 0.3) is 44.8 Å². The van der Waals surface area contributed by atoms with Crippen LogP contribution in [-0.4, -0.2) is 113 Å². The summed E-state index contributed by atoms with van der Waals surface area (Å²) in [7, 11) is 1.57. The summed E-state index contributed by atoms with van der Waals surface area (Å²) in [6.07, 6.45) is 15.7. The van der Waals surface area contributed by atoms with E-state index in [0.29, 0.717) is 76.8 Å². The van der Waals surface area contributed by atoms with Gasteiger partial charge in [0.2, 0.25) is 11.8 Å². The van der Waals surface area contributed by atoms with Crippen molar-refractivity contribution in [2.24, 2.45) is 5.92 Å². The summed E-state index contributed by atoms with van der Waals surface area (Å²) in [4.78, 5) is 60.3. The molecule has 0 radical (unpaired) electrons. The lowest BCUT2D eigenvalue weighted by Gasteiger charge is -2.37. The summed E-state index contributed by atoms with van der Waals surface area (Å²) < 4.78 is 33.9. The number of fused-ring (bicyclic) bond motifs is 2. The maximum atomic E-state index is 14.5. The largest absolute Gasteiger partial charge is 0.384 e. The van der Waals surface area contributed by atoms with Gasteiger partial charge in [-0.1, -0.05) is 37.0 Å². The Bertz CT molecular complexity index is 2500. The molecule has 3 aliphatic rings. The lowest BCUT2D eigenvalue weighted by atomic mass is 9.84. The Labute approximate surface area is 361 Å². The molecule has 15 nitrogen and oxygen atoms in total. The average Bonchev–Trinajstić information content (AvgIpc) is 3.85. The second-order valence-corrected chi connectivity index (χ2v) is 16.1. The number of rotatable bonds is 10. The second kappa shape index (κ2) is 19.5. The molecule has 61 heavy (non-hydrogen) atoms. The molecule has 1 saturated carbocycles. The number of carbonyl (C=O) groups excluding carboxylic acids is 2. The van der Waals surface area contributed by atoms with E-state index in [0.717, 1.165) is 68.5 Å². The standard InChI is InChI=1S/C21H22ClFN6O.C20H22ClFN6O2.CH4/c22-13-7-15-16(9-25-18(15)24-8-13)19-26-10-17(23)20(28-19)27-14-5-2-6-29(11-14)21(30)12-3-1-4-12;1-30-6-4-17(29)28-5-2-3-13(11-28)26-20-16(22)10-25-19(27-20)15-9-24-18-14(15)7-12(21)8-23-18;/h7-10,12,14H,1-6,11H2,(H,24,25)(H,26,27,28);7-10,13H,2-6,11H2,1H3,(H,23,24)(H,25,26,27);1H4. The number of methoxy groups -OCH3 is 1. The van der Waals surface area contributed by atoms with Crippen LogP contribution in [0, 0.1) is 17.6 Å². The number of halogens is 4. The van der Waals surface area contributed by atoms with Gasteiger partial charge in [-0.3, -0.25) is 9.59 Å². The lowest BCUT2D eigenvalue weighted by Crippen LogP contribution is -2.48. The topological polar surface area (TPSA) is 183 Å². The second-order valence-electron chi connectivity index (χ2n) is 15.2. The summed E-state index contributed by atoms with van der Waals surface area (Å²) in [5.41, 5.74) is 2.69. The summed E-state index contributed by atoms with van der Waals surface area (Å²) in [6.45, 7) is 2.92. The van der Waals surface area contributed by atoms with Crippen LogP contribution in [-0.2, 0) is 14.3 Å². The quantitative estimate of drug-likeness (QED) is 0.105. The van der Waals surface area contributed by atoms with Crippen molar-refractivity contribution in [3.63, 3.8) is 0 Å². The first-order valence-electron chi connectivity index (χ1n) is 20.0. The van der Waals surface area contributed by atoms with Crippen LogP contribution in [0.4, 0.5) is 20.4 Å². The smallest absolute Gasteiger partial charge is 0.225 e. The molecule has 0 bridgehead atoms. The number of hydrogen-bond acceptors (Lipinski definition) is 11. The molecule has 2 atom stereocenters. The Morgan fingerprint density at radius 3 is 1.75 bits per heavy atom. The minimum Gasteiger partial charge on any atom is -0.384 e. The fourth-order valence-electron chi connectivity index (χ4n) is 7.79. The molecule has 2 aliphatic heterocycles. The Morgan fingerprint density at radius 2 is 1.26 bits per heavy atom. The van der Waals surface area contributed by atoms with E-state index in [-0.39, 0.29) is 48.9 Å². The van der Waals surface area contributed by atoms with Gasteiger partial charge in [0.1, 0.15) is 11.3 Å². The molecule has 0 spiro atoms. The molecule has 2 unspecified atom stereocenters. The Kier molecular flexibility index (Phi) is 13.9. The number of H-pyrrole nitrogens is 2. The van der Waals surface area contributed by atoms with Gasteiger partial charge in [-0.15, -0.1) is 0 Å². The number of nitrogens with one attached hydrogen (secondary N) is 4. The molecule has 2 amide bonds. The van der Waals surface area contributed by atoms with Crippen molar-refractivity contribution in [2.45, 2.75) is 70.9 Å². The number of aromatic nitrogens is 8. The molecular formula is C42H48Cl2F2N12O3. The van der Waals surface area contributed by atoms with Gasteiger partial charge in [-0.05, 0) is 50.7 Å². The number of hydrogen-bond donors (Lipinski definition) is 4. The zero-order valence-corrected chi connectivity index (χ0v) is 34.4. The molecule has 6 aromatic rings. The van der Waals surface area contributed by atoms with E-state index in [9.17, 15) is 18.4 Å². The minimum absolute atomic E-state index is 0. The summed E-state index contributed by atoms with van der Waals surface area (Å²) in [5.74, 6) is 0.386. The van der Waals surface area contributed by atoms with Gasteiger partial charge in [0, 0.05) is 98.0 Å². The third-order valence-corrected chi connectivity index (χ3v) is 11.5. The van der Waals surface area contributed by atoms with Crippen molar-refractivity contribution < 1.29 is 23.1 Å². The Hall–Kier alpha value is -5.52. The Morgan fingerprint density at radius 1 is 0.754 bits per heavy atom. The number of carbonyl (C=O) groups is 2. The summed E-state index contributed by atoms with van der Waals surface area (Å²) in [5, 5.41) is 8.87. The molecule has 2 saturated heterocycles. The minimum atomic E-state index is -0.544. The third-order valence-electron chi connectivity index (χ3n) is 11.1. The highest BCUT2D eigenvalue weighted by Gasteiger charge is 2.33. The van der Waals surface area contributed by atoms with Crippen LogP contribution in [0.5, 0.6) is 0 Å². The van der Waals surface area contributed by atoms with Crippen LogP contribution in [0.2, 0.25) is 10.0 Å². The number of amides is 2. The first-order valence-corrected chi connectivity index (χ1v) is 20.8. The van der Waals surface area contributed by atoms with Crippen LogP contribution in [0.15, 0.2) is 49.3 Å². The van der Waals surface area contributed by atoms with Crippen LogP contribution < -0.4 is 10.6 Å². The number of pyridine rings is 2. The highest BCUT2D eigenvalue weighted by molar-refractivity contribution is 6.31. The highest BCUT2D eigenvalue weighted by Crippen LogP contribution is 2.32. The number of ether oxygens (including phenoxy) is 1. The fraction of sp³-hybridized carbons (Fsp3) is 0.429. The third kappa shape index (κ3) is 10.0. The molecule has 1 aliphatic carbocycles. The van der Waals surface area contributed by atoms with E-state index < -0.39 is 11.6 Å². The average molecular weight is 878 g/mol. The monoisotopic (exact) mass is 876 g/mol. The molecule has 6 aromatic heterocycles. The molecule has 8 heterocycles. The molecule has 0 aromatic carbocycles. The van der Waals surface area contributed by atoms with Crippen LogP contribution >= 0.6 is 23.2 Å². The predicted molar refractivity (Wildman–Crippen MR) is 231 cm³/mol. The zero-order valence-electron chi connectivity index (χ0n) is 32.9. The summed E-state index contributed by atoms with van der Waals surface area (Å²) >= 11 is 12.1. The van der Waals surface area contributed by atoms with Gasteiger partial charge in [-0.2, -0.15) is 0 Å². The zero-order chi connectivity index (χ0) is 41.8. The Balaban J connectivity index is 0.000000181. The van der Waals surface area contributed by atoms with Crippen molar-refractivity contribution in [1.29, 1.82) is 0 Å². The van der Waals surface area contributed by atoms with Gasteiger partial charge in [-0.25, -0.2) is 38.7 Å². The SMILES string of the molecule is C.COCCC(=O)N1CCCC(Nc2nc(-c3c[nH]c4ncc(Cl)cc34)ncc2F)C1.O=C(C1CCC1)N1CCCC(Nc2nc(-c3c[nH]c4ncc(Cl)cc34)ncc2F)C1. The number of anilines is 2. The van der Waals surface area contributed by atoms with E-state index in [4.69, 9.17) is 27.9 Å². The number of piperidine rings is 2. The molecule has 9 rings (SSSR count). The molecule has 322 valence electrons. The fourth-order valence-corrected chi connectivity index (χ4v) is 8.10. The van der Waals surface area contributed by atoms with Crippen molar-refractivity contribution >= 4 is 68.7 Å². The van der Waals surface area contributed by atoms with Crippen molar-refractivity contribution in [2.75, 3.05) is 50.5 Å². The first-order chi connectivity index (χ1) is 29.1. The van der Waals surface area contributed by atoms with Gasteiger partial charge in [0.15, 0.2) is 34.9 Å². The van der Waals surface area contributed by atoms with Crippen molar-refractivity contribution in [1.82, 2.24) is 49.7 Å². The molecule has 4 N–H and O–H groups in total. The predicted octanol–water partition coefficient (Wildman–Crippen LogP) is 7.90. The normalized spacial score (nSPS) is 17.9. The molecular weight excluding hydrogens is 829 g/mol. The van der Waals surface area contributed by atoms with E-state index in [1.165, 1.54) is 6.20 Å². The van der Waals surface area contributed by atoms with Crippen LogP contribution in [0.3, 0.4) is 0 Å². The maximum Gasteiger partial charge on any atom is 0.225 e. The number of aromatic amines is 2. The molecule has 3 fully saturated rings. The highest BCUT2D eigenvalue weighted by atomic mass is 35.5.